The molecule has 0 bridgehead atoms. The van der Waals surface area contributed by atoms with E-state index < -0.39 is 10.0 Å². The van der Waals surface area contributed by atoms with Crippen LogP contribution in [-0.4, -0.2) is 69.4 Å². The molecule has 2 rings (SSSR count). The third-order valence-corrected chi connectivity index (χ3v) is 8.26. The predicted molar refractivity (Wildman–Crippen MR) is 115 cm³/mol. The zero-order valence-electron chi connectivity index (χ0n) is 18.3. The molecule has 2 unspecified atom stereocenters. The molecule has 2 atom stereocenters. The molecule has 1 saturated carbocycles. The fourth-order valence-corrected chi connectivity index (χ4v) is 5.52. The smallest absolute Gasteiger partial charge is 0.214 e. The summed E-state index contributed by atoms with van der Waals surface area (Å²) in [5, 5.41) is 7.04. The van der Waals surface area contributed by atoms with Gasteiger partial charge in [-0.15, -0.1) is 0 Å². The highest BCUT2D eigenvalue weighted by molar-refractivity contribution is 7.89. The minimum Gasteiger partial charge on any atom is -0.378 e. The van der Waals surface area contributed by atoms with Gasteiger partial charge in [-0.05, 0) is 32.1 Å². The van der Waals surface area contributed by atoms with Crippen LogP contribution in [-0.2, 0) is 14.8 Å². The molecule has 164 valence electrons. The third kappa shape index (κ3) is 5.83. The van der Waals surface area contributed by atoms with Gasteiger partial charge in [0.15, 0.2) is 5.96 Å². The van der Waals surface area contributed by atoms with E-state index in [1.165, 1.54) is 0 Å². The number of guanidine groups is 1. The van der Waals surface area contributed by atoms with Gasteiger partial charge in [0.05, 0.1) is 11.9 Å². The highest BCUT2D eigenvalue weighted by Gasteiger charge is 2.49. The van der Waals surface area contributed by atoms with Crippen molar-refractivity contribution in [1.29, 1.82) is 0 Å². The van der Waals surface area contributed by atoms with Crippen LogP contribution in [0.3, 0.4) is 0 Å². The van der Waals surface area contributed by atoms with Crippen LogP contribution >= 0.6 is 0 Å². The van der Waals surface area contributed by atoms with E-state index in [1.54, 1.807) is 11.4 Å². The van der Waals surface area contributed by atoms with Crippen LogP contribution in [0.15, 0.2) is 4.99 Å². The summed E-state index contributed by atoms with van der Waals surface area (Å²) in [5.74, 6) is 1.05. The third-order valence-electron chi connectivity index (χ3n) is 6.18. The molecule has 7 nitrogen and oxygen atoms in total. The molecule has 1 aliphatic heterocycles. The van der Waals surface area contributed by atoms with Gasteiger partial charge in [-0.25, -0.2) is 12.7 Å². The van der Waals surface area contributed by atoms with Gasteiger partial charge in [0, 0.05) is 44.2 Å². The van der Waals surface area contributed by atoms with Gasteiger partial charge in [0.2, 0.25) is 10.0 Å². The summed E-state index contributed by atoms with van der Waals surface area (Å²) in [6.45, 7) is 10.6. The van der Waals surface area contributed by atoms with Crippen LogP contribution in [0.4, 0.5) is 0 Å². The number of hydrogen-bond acceptors (Lipinski definition) is 4. The number of ether oxygens (including phenoxy) is 1. The number of unbranched alkanes of at least 4 members (excludes halogenated alkanes) is 1. The minimum absolute atomic E-state index is 0.0724. The lowest BCUT2D eigenvalue weighted by Gasteiger charge is -2.52. The Morgan fingerprint density at radius 2 is 1.86 bits per heavy atom. The van der Waals surface area contributed by atoms with Crippen molar-refractivity contribution in [2.45, 2.75) is 84.4 Å². The van der Waals surface area contributed by atoms with Gasteiger partial charge in [-0.1, -0.05) is 34.1 Å². The summed E-state index contributed by atoms with van der Waals surface area (Å²) in [4.78, 5) is 4.39. The van der Waals surface area contributed by atoms with E-state index in [2.05, 4.69) is 36.4 Å². The Bertz CT molecular complexity index is 613. The van der Waals surface area contributed by atoms with E-state index >= 15 is 0 Å². The first kappa shape index (κ1) is 23.4. The van der Waals surface area contributed by atoms with Gasteiger partial charge in [0.25, 0.3) is 0 Å². The second-order valence-electron chi connectivity index (χ2n) is 8.67. The van der Waals surface area contributed by atoms with Crippen molar-refractivity contribution < 1.29 is 13.2 Å². The Labute approximate surface area is 171 Å². The van der Waals surface area contributed by atoms with E-state index in [1.807, 2.05) is 6.92 Å². The molecule has 2 N–H and O–H groups in total. The first-order valence-electron chi connectivity index (χ1n) is 10.8. The van der Waals surface area contributed by atoms with E-state index in [-0.39, 0.29) is 17.2 Å². The Morgan fingerprint density at radius 1 is 1.18 bits per heavy atom. The summed E-state index contributed by atoms with van der Waals surface area (Å²) in [6.07, 6.45) is 5.83. The predicted octanol–water partition coefficient (Wildman–Crippen LogP) is 2.34. The molecule has 1 saturated heterocycles. The summed E-state index contributed by atoms with van der Waals surface area (Å²) >= 11 is 0. The molecule has 0 spiro atoms. The molecular weight excluding hydrogens is 376 g/mol. The maximum absolute atomic E-state index is 12.2. The Hall–Kier alpha value is -0.860. The van der Waals surface area contributed by atoms with E-state index in [9.17, 15) is 8.42 Å². The second-order valence-corrected chi connectivity index (χ2v) is 10.8. The van der Waals surface area contributed by atoms with Crippen LogP contribution in [0.1, 0.15) is 66.2 Å². The number of nitrogens with zero attached hydrogens (tertiary/aromatic N) is 2. The van der Waals surface area contributed by atoms with Crippen molar-refractivity contribution in [3.63, 3.8) is 0 Å². The molecule has 0 amide bonds. The molecule has 28 heavy (non-hydrogen) atoms. The summed E-state index contributed by atoms with van der Waals surface area (Å²) in [7, 11) is -1.30. The highest BCUT2D eigenvalue weighted by Crippen LogP contribution is 2.42. The SMILES string of the molecule is CCCCOC1CC(NC(=NC)NC2CCN(S(=O)(=O)CCC)CC2)C1(C)C. The maximum Gasteiger partial charge on any atom is 0.214 e. The molecule has 0 aromatic carbocycles. The number of sulfonamides is 1. The quantitative estimate of drug-likeness (QED) is 0.342. The molecule has 0 aromatic heterocycles. The van der Waals surface area contributed by atoms with Crippen LogP contribution < -0.4 is 10.6 Å². The van der Waals surface area contributed by atoms with E-state index in [4.69, 9.17) is 4.74 Å². The summed E-state index contributed by atoms with van der Waals surface area (Å²) < 4.78 is 32.1. The lowest BCUT2D eigenvalue weighted by molar-refractivity contribution is -0.113. The van der Waals surface area contributed by atoms with Crippen molar-refractivity contribution in [2.24, 2.45) is 10.4 Å². The highest BCUT2D eigenvalue weighted by atomic mass is 32.2. The van der Waals surface area contributed by atoms with Gasteiger partial charge in [-0.2, -0.15) is 0 Å². The van der Waals surface area contributed by atoms with Crippen molar-refractivity contribution in [2.75, 3.05) is 32.5 Å². The fourth-order valence-electron chi connectivity index (χ4n) is 3.98. The average Bonchev–Trinajstić information content (AvgIpc) is 2.66. The van der Waals surface area contributed by atoms with Crippen LogP contribution in [0.5, 0.6) is 0 Å². The Kier molecular flexibility index (Phi) is 8.58. The molecule has 2 fully saturated rings. The first-order valence-corrected chi connectivity index (χ1v) is 12.4. The average molecular weight is 417 g/mol. The number of piperidine rings is 1. The van der Waals surface area contributed by atoms with Crippen molar-refractivity contribution in [1.82, 2.24) is 14.9 Å². The molecule has 1 aliphatic carbocycles. The standard InChI is InChI=1S/C20H40N4O3S/c1-6-8-13-27-18-15-17(20(18,3)4)23-19(21-5)22-16-9-11-24(12-10-16)28(25,26)14-7-2/h16-18H,6-15H2,1-5H3,(H2,21,22,23). The van der Waals surface area contributed by atoms with Crippen molar-refractivity contribution >= 4 is 16.0 Å². The second kappa shape index (κ2) is 10.3. The maximum atomic E-state index is 12.2. The number of hydrogen-bond donors (Lipinski definition) is 2. The van der Waals surface area contributed by atoms with Crippen molar-refractivity contribution in [3.8, 4) is 0 Å². The number of rotatable bonds is 9. The largest absolute Gasteiger partial charge is 0.378 e. The summed E-state index contributed by atoms with van der Waals surface area (Å²) in [6, 6.07) is 0.578. The monoisotopic (exact) mass is 416 g/mol. The molecule has 0 radical (unpaired) electrons. The number of nitrogens with one attached hydrogen (secondary N) is 2. The zero-order chi connectivity index (χ0) is 20.8. The van der Waals surface area contributed by atoms with Gasteiger partial charge in [0.1, 0.15) is 0 Å². The lowest BCUT2D eigenvalue weighted by atomic mass is 9.64. The molecule has 2 aliphatic rings. The molecule has 0 aromatic rings. The molecular formula is C20H40N4O3S. The topological polar surface area (TPSA) is 83.0 Å². The van der Waals surface area contributed by atoms with Crippen LogP contribution in [0.2, 0.25) is 0 Å². The Morgan fingerprint density at radius 3 is 2.39 bits per heavy atom. The minimum atomic E-state index is -3.09. The Balaban J connectivity index is 1.78. The van der Waals surface area contributed by atoms with Crippen LogP contribution in [0, 0.1) is 5.41 Å². The fraction of sp³-hybridized carbons (Fsp3) is 0.950. The van der Waals surface area contributed by atoms with Crippen molar-refractivity contribution in [3.05, 3.63) is 0 Å². The van der Waals surface area contributed by atoms with Gasteiger partial charge >= 0.3 is 0 Å². The molecule has 8 heteroatoms. The molecule has 1 heterocycles. The van der Waals surface area contributed by atoms with Gasteiger partial charge in [-0.3, -0.25) is 4.99 Å². The van der Waals surface area contributed by atoms with Gasteiger partial charge < -0.3 is 15.4 Å². The normalized spacial score (nSPS) is 26.7. The first-order chi connectivity index (χ1) is 13.2. The van der Waals surface area contributed by atoms with Crippen LogP contribution in [0.25, 0.3) is 0 Å². The zero-order valence-corrected chi connectivity index (χ0v) is 19.1. The lowest BCUT2D eigenvalue weighted by Crippen LogP contribution is -2.64. The van der Waals surface area contributed by atoms with E-state index in [0.29, 0.717) is 31.7 Å². The number of aliphatic imine (C=N–C) groups is 1. The van der Waals surface area contributed by atoms with E-state index in [0.717, 1.165) is 44.7 Å². The summed E-state index contributed by atoms with van der Waals surface area (Å²) in [5.41, 5.74) is 0.0724.